The van der Waals surface area contributed by atoms with Crippen LogP contribution in [0.4, 0.5) is 0 Å². The molecule has 4 nitrogen and oxygen atoms in total. The van der Waals surface area contributed by atoms with Crippen LogP contribution in [-0.4, -0.2) is 19.6 Å². The maximum Gasteiger partial charge on any atom is 0.230 e. The summed E-state index contributed by atoms with van der Waals surface area (Å²) in [7, 11) is 0. The van der Waals surface area contributed by atoms with E-state index in [1.807, 2.05) is 11.4 Å². The van der Waals surface area contributed by atoms with Gasteiger partial charge < -0.3 is 0 Å². The number of aromatic nitrogens is 4. The molecule has 0 aliphatic carbocycles. The van der Waals surface area contributed by atoms with E-state index >= 15 is 0 Å². The van der Waals surface area contributed by atoms with E-state index in [2.05, 4.69) is 15.2 Å². The molecule has 3 aromatic rings. The molecule has 0 saturated heterocycles. The minimum atomic E-state index is 0.345. The van der Waals surface area contributed by atoms with Crippen LogP contribution in [0, 0.1) is 0 Å². The molecule has 3 aromatic heterocycles. The zero-order valence-electron chi connectivity index (χ0n) is 6.31. The summed E-state index contributed by atoms with van der Waals surface area (Å²) in [6, 6.07) is 1.95. The van der Waals surface area contributed by atoms with Gasteiger partial charge in [-0.15, -0.1) is 21.5 Å². The van der Waals surface area contributed by atoms with Crippen LogP contribution in [0.25, 0.3) is 15.9 Å². The van der Waals surface area contributed by atoms with Gasteiger partial charge in [-0.05, 0) is 23.0 Å². The van der Waals surface area contributed by atoms with E-state index in [1.54, 1.807) is 22.1 Å². The Balaban J connectivity index is 2.66. The monoisotopic (exact) mass is 210 g/mol. The molecule has 0 aromatic carbocycles. The molecule has 0 N–H and O–H groups in total. The number of hydrogen-bond donors (Lipinski definition) is 0. The highest BCUT2D eigenvalue weighted by Crippen LogP contribution is 2.23. The van der Waals surface area contributed by atoms with E-state index in [4.69, 9.17) is 11.6 Å². The van der Waals surface area contributed by atoms with Crippen molar-refractivity contribution in [3.63, 3.8) is 0 Å². The summed E-state index contributed by atoms with van der Waals surface area (Å²) >= 11 is 7.38. The molecule has 0 fully saturated rings. The first-order valence-electron chi connectivity index (χ1n) is 3.59. The fourth-order valence-electron chi connectivity index (χ4n) is 1.22. The Morgan fingerprint density at radius 3 is 3.23 bits per heavy atom. The van der Waals surface area contributed by atoms with Gasteiger partial charge in [0.1, 0.15) is 6.33 Å². The molecule has 0 aliphatic rings. The van der Waals surface area contributed by atoms with Crippen LogP contribution in [0.2, 0.25) is 5.28 Å². The molecule has 64 valence electrons. The number of thiophene rings is 1. The Kier molecular flexibility index (Phi) is 1.33. The lowest BCUT2D eigenvalue weighted by atomic mass is 10.5. The smallest absolute Gasteiger partial charge is 0.230 e. The third-order valence-corrected chi connectivity index (χ3v) is 2.97. The fourth-order valence-corrected chi connectivity index (χ4v) is 2.20. The summed E-state index contributed by atoms with van der Waals surface area (Å²) in [5, 5.41) is 10.1. The Hall–Kier alpha value is -1.20. The van der Waals surface area contributed by atoms with Gasteiger partial charge in [-0.3, -0.25) is 4.40 Å². The van der Waals surface area contributed by atoms with Crippen LogP contribution in [0.5, 0.6) is 0 Å². The summed E-state index contributed by atoms with van der Waals surface area (Å²) in [4.78, 5) is 4.21. The molecular formula is C7H3ClN4S. The predicted molar refractivity (Wildman–Crippen MR) is 51.2 cm³/mol. The van der Waals surface area contributed by atoms with Crippen molar-refractivity contribution in [2.45, 2.75) is 0 Å². The number of fused-ring (bicyclic) bond motifs is 3. The summed E-state index contributed by atoms with van der Waals surface area (Å²) in [6.45, 7) is 0. The quantitative estimate of drug-likeness (QED) is 0.570. The second-order valence-corrected chi connectivity index (χ2v) is 3.80. The lowest BCUT2D eigenvalue weighted by Gasteiger charge is -1.92. The van der Waals surface area contributed by atoms with Crippen molar-refractivity contribution >= 4 is 38.8 Å². The van der Waals surface area contributed by atoms with Crippen LogP contribution >= 0.6 is 22.9 Å². The van der Waals surface area contributed by atoms with Crippen LogP contribution in [0.15, 0.2) is 17.8 Å². The fraction of sp³-hybridized carbons (Fsp3) is 0. The van der Waals surface area contributed by atoms with Gasteiger partial charge in [0.05, 0.1) is 10.2 Å². The number of halogens is 1. The van der Waals surface area contributed by atoms with Gasteiger partial charge in [-0.25, -0.2) is 4.98 Å². The molecule has 6 heteroatoms. The molecule has 0 atom stereocenters. The summed E-state index contributed by atoms with van der Waals surface area (Å²) in [6.07, 6.45) is 1.63. The van der Waals surface area contributed by atoms with Gasteiger partial charge in [-0.1, -0.05) is 0 Å². The first-order valence-corrected chi connectivity index (χ1v) is 4.84. The zero-order valence-corrected chi connectivity index (χ0v) is 7.88. The minimum absolute atomic E-state index is 0.345. The van der Waals surface area contributed by atoms with E-state index in [0.29, 0.717) is 5.28 Å². The average Bonchev–Trinajstić information content (AvgIpc) is 2.70. The Bertz CT molecular complexity index is 584. The highest BCUT2D eigenvalue weighted by Gasteiger charge is 2.07. The number of nitrogens with zero attached hydrogens (tertiary/aromatic N) is 4. The van der Waals surface area contributed by atoms with Gasteiger partial charge in [0.25, 0.3) is 0 Å². The number of hydrogen-bond acceptors (Lipinski definition) is 4. The van der Waals surface area contributed by atoms with Crippen LogP contribution in [0.1, 0.15) is 0 Å². The second-order valence-electron chi connectivity index (χ2n) is 2.54. The van der Waals surface area contributed by atoms with Gasteiger partial charge in [0.2, 0.25) is 5.28 Å². The third kappa shape index (κ3) is 0.882. The molecule has 0 spiro atoms. The summed E-state index contributed by atoms with van der Waals surface area (Å²) in [5.41, 5.74) is 1.70. The van der Waals surface area contributed by atoms with Crippen molar-refractivity contribution in [2.24, 2.45) is 0 Å². The average molecular weight is 211 g/mol. The molecule has 0 amide bonds. The predicted octanol–water partition coefficient (Wildman–Crippen LogP) is 1.99. The van der Waals surface area contributed by atoms with E-state index in [9.17, 15) is 0 Å². The zero-order chi connectivity index (χ0) is 8.84. The minimum Gasteiger partial charge on any atom is -0.255 e. The molecule has 13 heavy (non-hydrogen) atoms. The van der Waals surface area contributed by atoms with E-state index in [1.165, 1.54) is 0 Å². The van der Waals surface area contributed by atoms with Crippen molar-refractivity contribution in [2.75, 3.05) is 0 Å². The van der Waals surface area contributed by atoms with Gasteiger partial charge >= 0.3 is 0 Å². The highest BCUT2D eigenvalue weighted by atomic mass is 35.5. The number of rotatable bonds is 0. The van der Waals surface area contributed by atoms with Gasteiger partial charge in [0.15, 0.2) is 5.65 Å². The van der Waals surface area contributed by atoms with E-state index < -0.39 is 0 Å². The molecule has 0 radical (unpaired) electrons. The van der Waals surface area contributed by atoms with Crippen molar-refractivity contribution in [3.05, 3.63) is 23.1 Å². The molecule has 0 unspecified atom stereocenters. The van der Waals surface area contributed by atoms with Gasteiger partial charge in [-0.2, -0.15) is 0 Å². The van der Waals surface area contributed by atoms with Crippen LogP contribution in [0.3, 0.4) is 0 Å². The maximum absolute atomic E-state index is 5.79. The Morgan fingerprint density at radius 1 is 1.38 bits per heavy atom. The molecular weight excluding hydrogens is 208 g/mol. The van der Waals surface area contributed by atoms with Crippen molar-refractivity contribution in [1.29, 1.82) is 0 Å². The SMILES string of the molecule is Clc1nnc2c3sccc3ncn12. The maximum atomic E-state index is 5.79. The Morgan fingerprint density at radius 2 is 2.31 bits per heavy atom. The molecule has 3 heterocycles. The van der Waals surface area contributed by atoms with E-state index in [-0.39, 0.29) is 0 Å². The molecule has 0 saturated carbocycles. The normalized spacial score (nSPS) is 11.5. The topological polar surface area (TPSA) is 43.1 Å². The first-order chi connectivity index (χ1) is 6.36. The summed E-state index contributed by atoms with van der Waals surface area (Å²) in [5.74, 6) is 0. The molecule has 0 bridgehead atoms. The lowest BCUT2D eigenvalue weighted by Crippen LogP contribution is -1.86. The van der Waals surface area contributed by atoms with Crippen molar-refractivity contribution in [1.82, 2.24) is 19.6 Å². The largest absolute Gasteiger partial charge is 0.255 e. The molecule has 3 rings (SSSR count). The third-order valence-electron chi connectivity index (χ3n) is 1.81. The summed E-state index contributed by atoms with van der Waals surface area (Å²) < 4.78 is 2.68. The van der Waals surface area contributed by atoms with Crippen molar-refractivity contribution < 1.29 is 0 Å². The van der Waals surface area contributed by atoms with Gasteiger partial charge in [0, 0.05) is 0 Å². The second kappa shape index (κ2) is 2.40. The highest BCUT2D eigenvalue weighted by molar-refractivity contribution is 7.17. The standard InChI is InChI=1S/C7H3ClN4S/c8-7-11-10-6-5-4(1-2-13-5)9-3-12(6)7/h1-3H. The van der Waals surface area contributed by atoms with E-state index in [0.717, 1.165) is 15.9 Å². The lowest BCUT2D eigenvalue weighted by molar-refractivity contribution is 1.08. The van der Waals surface area contributed by atoms with Crippen molar-refractivity contribution in [3.8, 4) is 0 Å². The first kappa shape index (κ1) is 7.23. The Labute approximate surface area is 81.8 Å². The molecule has 0 aliphatic heterocycles. The van der Waals surface area contributed by atoms with Crippen LogP contribution < -0.4 is 0 Å². The van der Waals surface area contributed by atoms with Crippen LogP contribution in [-0.2, 0) is 0 Å².